The molecule has 7 nitrogen and oxygen atoms in total. The Morgan fingerprint density at radius 3 is 2.90 bits per heavy atom. The van der Waals surface area contributed by atoms with Gasteiger partial charge in [0, 0.05) is 30.1 Å². The molecule has 1 fully saturated rings. The van der Waals surface area contributed by atoms with Gasteiger partial charge < -0.3 is 0 Å². The monoisotopic (exact) mass is 270 g/mol. The molecule has 100 valence electrons. The molecule has 0 atom stereocenters. The molecule has 1 aromatic carbocycles. The maximum Gasteiger partial charge on any atom is 0.330 e. The van der Waals surface area contributed by atoms with Crippen LogP contribution in [0.15, 0.2) is 24.4 Å². The molecule has 1 aliphatic heterocycles. The lowest BCUT2D eigenvalue weighted by Gasteiger charge is -2.24. The van der Waals surface area contributed by atoms with E-state index in [2.05, 4.69) is 15.3 Å². The lowest BCUT2D eigenvalue weighted by molar-refractivity contribution is -0.120. The summed E-state index contributed by atoms with van der Waals surface area (Å²) in [7, 11) is 0. The molecule has 1 saturated heterocycles. The molecule has 0 unspecified atom stereocenters. The van der Waals surface area contributed by atoms with Crippen LogP contribution in [-0.2, 0) is 4.79 Å². The Kier molecular flexibility index (Phi) is 2.86. The van der Waals surface area contributed by atoms with E-state index in [-0.39, 0.29) is 24.8 Å². The van der Waals surface area contributed by atoms with Gasteiger partial charge >= 0.3 is 6.03 Å². The first-order valence-electron chi connectivity index (χ1n) is 6.01. The van der Waals surface area contributed by atoms with Crippen LogP contribution in [0.2, 0.25) is 0 Å². The molecule has 2 aromatic rings. The fourth-order valence-electron chi connectivity index (χ4n) is 2.05. The highest BCUT2D eigenvalue weighted by molar-refractivity contribution is 6.05. The third kappa shape index (κ3) is 1.99. The summed E-state index contributed by atoms with van der Waals surface area (Å²) in [5.41, 5.74) is 0.914. The number of nitrogens with zero attached hydrogens (tertiary/aromatic N) is 3. The Balaban J connectivity index is 2.06. The summed E-state index contributed by atoms with van der Waals surface area (Å²) in [5.74, 6) is -0.141. The molecule has 3 amide bonds. The van der Waals surface area contributed by atoms with Gasteiger partial charge in [-0.3, -0.25) is 19.8 Å². The van der Waals surface area contributed by atoms with Crippen LogP contribution in [0.4, 0.5) is 10.7 Å². The van der Waals surface area contributed by atoms with Gasteiger partial charge in [0.25, 0.3) is 0 Å². The molecular formula is C13H10N4O3. The quantitative estimate of drug-likeness (QED) is 0.818. The van der Waals surface area contributed by atoms with Crippen LogP contribution in [0.25, 0.3) is 10.9 Å². The Bertz CT molecular complexity index is 729. The fraction of sp³-hybridized carbons (Fsp3) is 0.154. The Labute approximate surface area is 113 Å². The molecule has 2 heterocycles. The lowest BCUT2D eigenvalue weighted by Crippen LogP contribution is -2.50. The number of carbonyl (C=O) groups excluding carboxylic acids is 3. The average molecular weight is 270 g/mol. The van der Waals surface area contributed by atoms with E-state index in [1.807, 2.05) is 0 Å². The number of hydrogen-bond donors (Lipinski definition) is 1. The van der Waals surface area contributed by atoms with Crippen molar-refractivity contribution in [1.29, 1.82) is 0 Å². The number of imide groups is 1. The van der Waals surface area contributed by atoms with Crippen molar-refractivity contribution in [2.45, 2.75) is 6.42 Å². The number of aromatic nitrogens is 2. The van der Waals surface area contributed by atoms with Crippen molar-refractivity contribution < 1.29 is 14.4 Å². The highest BCUT2D eigenvalue weighted by Gasteiger charge is 2.26. The third-order valence-corrected chi connectivity index (χ3v) is 3.05. The van der Waals surface area contributed by atoms with E-state index in [0.29, 0.717) is 22.8 Å². The van der Waals surface area contributed by atoms with Crippen LogP contribution in [0.3, 0.4) is 0 Å². The summed E-state index contributed by atoms with van der Waals surface area (Å²) in [6, 6.07) is 4.61. The molecule has 1 aliphatic rings. The normalized spacial score (nSPS) is 15.3. The smallest absolute Gasteiger partial charge is 0.298 e. The second-order valence-electron chi connectivity index (χ2n) is 4.33. The van der Waals surface area contributed by atoms with Gasteiger partial charge in [0.1, 0.15) is 0 Å². The number of anilines is 1. The van der Waals surface area contributed by atoms with Crippen molar-refractivity contribution in [2.75, 3.05) is 11.4 Å². The largest absolute Gasteiger partial charge is 0.330 e. The highest BCUT2D eigenvalue weighted by Crippen LogP contribution is 2.19. The molecular weight excluding hydrogens is 260 g/mol. The van der Waals surface area contributed by atoms with E-state index in [9.17, 15) is 14.4 Å². The summed E-state index contributed by atoms with van der Waals surface area (Å²) in [4.78, 5) is 43.5. The predicted octanol–water partition coefficient (Wildman–Crippen LogP) is 0.889. The number of carbonyl (C=O) groups is 3. The fourth-order valence-corrected chi connectivity index (χ4v) is 2.05. The molecule has 3 rings (SSSR count). The number of hydrogen-bond acceptors (Lipinski definition) is 5. The van der Waals surface area contributed by atoms with Crippen molar-refractivity contribution in [1.82, 2.24) is 15.3 Å². The van der Waals surface area contributed by atoms with Crippen LogP contribution < -0.4 is 10.2 Å². The minimum Gasteiger partial charge on any atom is -0.298 e. The first-order chi connectivity index (χ1) is 9.69. The lowest BCUT2D eigenvalue weighted by atomic mass is 10.1. The molecule has 20 heavy (non-hydrogen) atoms. The van der Waals surface area contributed by atoms with Gasteiger partial charge in [-0.15, -0.1) is 0 Å². The molecule has 7 heteroatoms. The van der Waals surface area contributed by atoms with Gasteiger partial charge in [0.05, 0.1) is 5.52 Å². The molecule has 1 aromatic heterocycles. The minimum atomic E-state index is -0.552. The summed E-state index contributed by atoms with van der Waals surface area (Å²) in [5, 5.41) is 2.92. The van der Waals surface area contributed by atoms with Crippen molar-refractivity contribution in [2.24, 2.45) is 0 Å². The third-order valence-electron chi connectivity index (χ3n) is 3.05. The molecule has 0 bridgehead atoms. The van der Waals surface area contributed by atoms with E-state index in [0.717, 1.165) is 0 Å². The molecule has 0 spiro atoms. The molecule has 1 N–H and O–H groups in total. The van der Waals surface area contributed by atoms with Gasteiger partial charge in [-0.25, -0.2) is 14.8 Å². The summed E-state index contributed by atoms with van der Waals surface area (Å²) >= 11 is 0. The second kappa shape index (κ2) is 4.69. The van der Waals surface area contributed by atoms with E-state index in [1.165, 1.54) is 4.90 Å². The Hall–Kier alpha value is -2.83. The number of urea groups is 1. The Morgan fingerprint density at radius 1 is 1.30 bits per heavy atom. The average Bonchev–Trinajstić information content (AvgIpc) is 2.46. The zero-order valence-electron chi connectivity index (χ0n) is 10.4. The first kappa shape index (κ1) is 12.2. The van der Waals surface area contributed by atoms with Gasteiger partial charge in [-0.2, -0.15) is 0 Å². The number of benzene rings is 1. The standard InChI is InChI=1S/C13H10N4O3/c18-7-9-3-1-2-8-6-14-12(16-11(8)9)17-5-4-10(19)15-13(17)20/h1-3,6-7H,4-5H2,(H,15,19,20). The van der Waals surface area contributed by atoms with Gasteiger partial charge in [0.2, 0.25) is 11.9 Å². The van der Waals surface area contributed by atoms with Gasteiger partial charge in [-0.05, 0) is 6.07 Å². The van der Waals surface area contributed by atoms with Crippen LogP contribution in [0.1, 0.15) is 16.8 Å². The zero-order chi connectivity index (χ0) is 14.1. The molecule has 0 aliphatic carbocycles. The summed E-state index contributed by atoms with van der Waals surface area (Å²) < 4.78 is 0. The van der Waals surface area contributed by atoms with Crippen molar-refractivity contribution in [3.05, 3.63) is 30.0 Å². The van der Waals surface area contributed by atoms with Gasteiger partial charge in [0.15, 0.2) is 6.29 Å². The van der Waals surface area contributed by atoms with Crippen LogP contribution in [0, 0.1) is 0 Å². The first-order valence-corrected chi connectivity index (χ1v) is 6.01. The Morgan fingerprint density at radius 2 is 2.15 bits per heavy atom. The highest BCUT2D eigenvalue weighted by atomic mass is 16.2. The van der Waals surface area contributed by atoms with E-state index >= 15 is 0 Å². The second-order valence-corrected chi connectivity index (χ2v) is 4.33. The maximum atomic E-state index is 11.7. The molecule has 0 radical (unpaired) electrons. The number of nitrogens with one attached hydrogen (secondary N) is 1. The predicted molar refractivity (Wildman–Crippen MR) is 70.4 cm³/mol. The number of aldehydes is 1. The minimum absolute atomic E-state index is 0.178. The van der Waals surface area contributed by atoms with Crippen molar-refractivity contribution in [3.8, 4) is 0 Å². The van der Waals surface area contributed by atoms with Crippen LogP contribution >= 0.6 is 0 Å². The number of amides is 3. The van der Waals surface area contributed by atoms with Crippen molar-refractivity contribution in [3.63, 3.8) is 0 Å². The zero-order valence-corrected chi connectivity index (χ0v) is 10.4. The molecule has 0 saturated carbocycles. The maximum absolute atomic E-state index is 11.7. The van der Waals surface area contributed by atoms with Gasteiger partial charge in [-0.1, -0.05) is 12.1 Å². The number of para-hydroxylation sites is 1. The van der Waals surface area contributed by atoms with E-state index < -0.39 is 6.03 Å². The SMILES string of the molecule is O=Cc1cccc2cnc(N3CCC(=O)NC3=O)nc12. The van der Waals surface area contributed by atoms with E-state index in [4.69, 9.17) is 0 Å². The van der Waals surface area contributed by atoms with Crippen molar-refractivity contribution >= 4 is 35.1 Å². The topological polar surface area (TPSA) is 92.3 Å². The van der Waals surface area contributed by atoms with Crippen LogP contribution in [-0.4, -0.2) is 34.7 Å². The number of rotatable bonds is 2. The van der Waals surface area contributed by atoms with E-state index in [1.54, 1.807) is 24.4 Å². The summed E-state index contributed by atoms with van der Waals surface area (Å²) in [6.45, 7) is 0.222. The number of fused-ring (bicyclic) bond motifs is 1. The van der Waals surface area contributed by atoms with Crippen LogP contribution in [0.5, 0.6) is 0 Å². The summed E-state index contributed by atoms with van der Waals surface area (Å²) in [6.07, 6.45) is 2.45.